The van der Waals surface area contributed by atoms with Gasteiger partial charge in [0, 0.05) is 128 Å². The van der Waals surface area contributed by atoms with Crippen molar-refractivity contribution in [1.82, 2.24) is 72.9 Å². The molecule has 20 rings (SSSR count). The minimum absolute atomic E-state index is 0.0595. The summed E-state index contributed by atoms with van der Waals surface area (Å²) in [5.41, 5.74) is 28.7. The highest BCUT2D eigenvalue weighted by atomic mass is 32.1. The second-order valence-electron chi connectivity index (χ2n) is 29.2. The van der Waals surface area contributed by atoms with Crippen molar-refractivity contribution in [1.29, 1.82) is 0 Å². The maximum Gasteiger partial charge on any atom is 0.275 e. The predicted molar refractivity (Wildman–Crippen MR) is 450 cm³/mol. The van der Waals surface area contributed by atoms with Gasteiger partial charge in [-0.1, -0.05) is 24.3 Å². The molecule has 16 aromatic rings. The lowest BCUT2D eigenvalue weighted by Crippen LogP contribution is -2.39. The van der Waals surface area contributed by atoms with Crippen LogP contribution in [0.4, 0.5) is 17.1 Å². The summed E-state index contributed by atoms with van der Waals surface area (Å²) in [7, 11) is 4.24. The van der Waals surface area contributed by atoms with Gasteiger partial charge in [-0.3, -0.25) is 32.4 Å². The molecule has 4 aromatic carbocycles. The molecule has 0 saturated carbocycles. The summed E-state index contributed by atoms with van der Waals surface area (Å²) in [4.78, 5) is 97.1. The van der Waals surface area contributed by atoms with Crippen LogP contribution in [0.1, 0.15) is 70.2 Å². The maximum absolute atomic E-state index is 12.9. The van der Waals surface area contributed by atoms with E-state index in [4.69, 9.17) is 26.4 Å². The fourth-order valence-electron chi connectivity index (χ4n) is 15.1. The average Bonchev–Trinajstić information content (AvgIpc) is 1.63. The largest absolute Gasteiger partial charge is 0.370 e. The first-order chi connectivity index (χ1) is 53.8. The quantitative estimate of drug-likeness (QED) is 0.121. The van der Waals surface area contributed by atoms with Crippen LogP contribution in [0.25, 0.3) is 108 Å². The van der Waals surface area contributed by atoms with Crippen molar-refractivity contribution in [2.75, 3.05) is 81.2 Å². The molecule has 0 aliphatic carbocycles. The van der Waals surface area contributed by atoms with Gasteiger partial charge in [-0.25, -0.2) is 39.9 Å². The maximum atomic E-state index is 12.9. The first-order valence-electron chi connectivity index (χ1n) is 37.4. The van der Waals surface area contributed by atoms with E-state index in [-0.39, 0.29) is 34.3 Å². The Morgan fingerprint density at radius 3 is 1.14 bits per heavy atom. The molecule has 24 nitrogen and oxygen atoms in total. The Balaban J connectivity index is 0.000000108. The molecule has 4 saturated heterocycles. The van der Waals surface area contributed by atoms with E-state index >= 15 is 0 Å². The summed E-state index contributed by atoms with van der Waals surface area (Å²) >= 11 is 6.60. The molecular weight excluding hydrogens is 1470 g/mol. The van der Waals surface area contributed by atoms with Crippen LogP contribution in [0.5, 0.6) is 0 Å². The van der Waals surface area contributed by atoms with Gasteiger partial charge in [0.2, 0.25) is 0 Å². The second kappa shape index (κ2) is 30.7. The van der Waals surface area contributed by atoms with E-state index in [0.717, 1.165) is 197 Å². The highest BCUT2D eigenvalue weighted by Gasteiger charge is 2.26. The van der Waals surface area contributed by atoms with Gasteiger partial charge in [-0.05, 0) is 190 Å². The lowest BCUT2D eigenvalue weighted by Gasteiger charge is -2.32. The minimum atomic E-state index is -0.147. The van der Waals surface area contributed by atoms with Crippen LogP contribution in [0.15, 0.2) is 183 Å². The van der Waals surface area contributed by atoms with Gasteiger partial charge >= 0.3 is 0 Å². The zero-order valence-electron chi connectivity index (χ0n) is 62.3. The van der Waals surface area contributed by atoms with Crippen LogP contribution in [0.2, 0.25) is 0 Å². The number of thiazole rings is 4. The lowest BCUT2D eigenvalue weighted by atomic mass is 9.94. The Morgan fingerprint density at radius 1 is 0.387 bits per heavy atom. The first kappa shape index (κ1) is 72.9. The summed E-state index contributed by atoms with van der Waals surface area (Å²) in [5, 5.41) is 12.1. The Bertz CT molecular complexity index is 6330. The number of nitrogens with two attached hydrogens (primary N) is 2. The number of pyridine rings is 3. The van der Waals surface area contributed by atoms with Crippen LogP contribution in [-0.2, 0) is 0 Å². The summed E-state index contributed by atoms with van der Waals surface area (Å²) in [6.45, 7) is 15.5. The van der Waals surface area contributed by atoms with E-state index < -0.39 is 0 Å². The molecule has 28 heteroatoms. The van der Waals surface area contributed by atoms with Crippen LogP contribution in [-0.4, -0.2) is 152 Å². The Labute approximate surface area is 653 Å². The number of aryl methyl sites for hydroxylation is 4. The standard InChI is InChI=1S/C22H23N5OS.C21H21N5OS.2C20H19N5OS/c1-14-23-18-6-4-15(10-20(18)29-14)19-11-22(28)27-13-17(5-7-21(27)24-19)26-9-8-16(12-26)25(2)3;1-13-23-17-4-2-14(10-19(17)28-13)18-11-21(27)26-12-16(3-5-20(26)24-18)25-8-6-15(22)7-9-25;1-12-22-16-4-2-13(8-18(16)27-12)17-9-20(26)25-11-15(3-5-19(25)23-17)24-7-6-14(21)10-24;1-12-22-16-3-2-14(10-18(16)27-12)17-11-20(26)25-19(23-17)5-4-15(24-25)13-6-8-21-9-7-13/h4-7,10-11,13,16H,8-9,12H2,1-3H3;2-5,10-12,15H,6-9,22H2,1H3;2-5,8-9,11,14H,6-7,10,21H2,1H3;2-5,10-11,13,21H,6-9H2,1H3/t16-;;;/m0.../s1. The molecular formula is C83H82N20O4S4. The molecule has 562 valence electrons. The molecule has 0 radical (unpaired) electrons. The fourth-order valence-corrected chi connectivity index (χ4v) is 18.6. The zero-order valence-corrected chi connectivity index (χ0v) is 65.6. The number of hydrogen-bond acceptors (Lipinski definition) is 24. The Kier molecular flexibility index (Phi) is 20.2. The molecule has 5 N–H and O–H groups in total. The number of rotatable bonds is 9. The number of nitrogens with zero attached hydrogens (tertiary/aromatic N) is 17. The predicted octanol–water partition coefficient (Wildman–Crippen LogP) is 12.6. The van der Waals surface area contributed by atoms with Crippen molar-refractivity contribution in [2.45, 2.75) is 90.3 Å². The number of benzene rings is 4. The SMILES string of the molecule is Cc1nc2ccc(-c3cc(=O)n4cc(N5CCC(N)C5)ccc4n3)cc2s1.Cc1nc2ccc(-c3cc(=O)n4cc(N5CCC(N)CC5)ccc4n3)cc2s1.Cc1nc2ccc(-c3cc(=O)n4cc(N5CC[C@H](N(C)C)C5)ccc4n3)cc2s1.Cc1nc2ccc(-c3cc(=O)n4nc(C5CCNCC5)ccc4n3)cc2s1. The number of piperidine rings is 2. The van der Waals surface area contributed by atoms with E-state index in [2.05, 4.69) is 99.4 Å². The third-order valence-electron chi connectivity index (χ3n) is 21.1. The molecule has 0 bridgehead atoms. The molecule has 0 amide bonds. The van der Waals surface area contributed by atoms with E-state index in [0.29, 0.717) is 57.3 Å². The molecule has 1 unspecified atom stereocenters. The van der Waals surface area contributed by atoms with Gasteiger partial charge in [0.25, 0.3) is 22.2 Å². The molecule has 4 fully saturated rings. The van der Waals surface area contributed by atoms with Crippen molar-refractivity contribution in [3.8, 4) is 45.0 Å². The summed E-state index contributed by atoms with van der Waals surface area (Å²) in [6, 6.07) is 47.3. The molecule has 111 heavy (non-hydrogen) atoms. The second-order valence-corrected chi connectivity index (χ2v) is 34.1. The summed E-state index contributed by atoms with van der Waals surface area (Å²) in [5.74, 6) is 0.402. The smallest absolute Gasteiger partial charge is 0.275 e. The highest BCUT2D eigenvalue weighted by Crippen LogP contribution is 2.34. The molecule has 0 spiro atoms. The van der Waals surface area contributed by atoms with E-state index in [1.165, 1.54) is 4.52 Å². The van der Waals surface area contributed by atoms with Gasteiger partial charge in [-0.2, -0.15) is 9.61 Å². The van der Waals surface area contributed by atoms with Crippen LogP contribution in [0, 0.1) is 27.7 Å². The van der Waals surface area contributed by atoms with E-state index in [9.17, 15) is 19.2 Å². The number of hydrogen-bond donors (Lipinski definition) is 3. The van der Waals surface area contributed by atoms with Crippen LogP contribution < -0.4 is 53.7 Å². The van der Waals surface area contributed by atoms with Gasteiger partial charge < -0.3 is 36.4 Å². The summed E-state index contributed by atoms with van der Waals surface area (Å²) < 4.78 is 10.7. The third kappa shape index (κ3) is 15.5. The average molecular weight is 1550 g/mol. The fraction of sp³-hybridized carbons (Fsp3) is 0.289. The number of likely N-dealkylation sites (N-methyl/N-ethyl adjacent to an activating group) is 1. The molecule has 4 aliphatic rings. The molecule has 2 atom stereocenters. The topological polar surface area (TPSA) is 279 Å². The van der Waals surface area contributed by atoms with Crippen LogP contribution in [0.3, 0.4) is 0 Å². The minimum Gasteiger partial charge on any atom is -0.370 e. The zero-order chi connectivity index (χ0) is 76.3. The highest BCUT2D eigenvalue weighted by molar-refractivity contribution is 7.19. The van der Waals surface area contributed by atoms with Crippen LogP contribution >= 0.6 is 45.3 Å². The van der Waals surface area contributed by atoms with Gasteiger partial charge in [0.05, 0.1) is 106 Å². The van der Waals surface area contributed by atoms with Gasteiger partial charge in [0.15, 0.2) is 5.65 Å². The number of aromatic nitrogens is 13. The van der Waals surface area contributed by atoms with Gasteiger partial charge in [0.1, 0.15) is 16.9 Å². The van der Waals surface area contributed by atoms with E-state index in [1.807, 2.05) is 137 Å². The molecule has 16 heterocycles. The van der Waals surface area contributed by atoms with Crippen molar-refractivity contribution >= 4 is 126 Å². The van der Waals surface area contributed by atoms with Crippen molar-refractivity contribution in [2.24, 2.45) is 11.5 Å². The number of anilines is 3. The number of fused-ring (bicyclic) bond motifs is 8. The van der Waals surface area contributed by atoms with Crippen molar-refractivity contribution < 1.29 is 0 Å². The first-order valence-corrected chi connectivity index (χ1v) is 40.7. The molecule has 12 aromatic heterocycles. The van der Waals surface area contributed by atoms with Crippen molar-refractivity contribution in [3.05, 3.63) is 231 Å². The molecule has 4 aliphatic heterocycles. The summed E-state index contributed by atoms with van der Waals surface area (Å²) in [6.07, 6.45) is 11.8. The van der Waals surface area contributed by atoms with Crippen molar-refractivity contribution in [3.63, 3.8) is 0 Å². The lowest BCUT2D eigenvalue weighted by molar-refractivity contribution is 0.315. The Hall–Kier alpha value is -11.0. The normalized spacial score (nSPS) is 16.4. The third-order valence-corrected chi connectivity index (χ3v) is 24.9. The monoisotopic (exact) mass is 1550 g/mol. The van der Waals surface area contributed by atoms with E-state index in [1.54, 1.807) is 82.8 Å². The Morgan fingerprint density at radius 2 is 0.748 bits per heavy atom. The van der Waals surface area contributed by atoms with Gasteiger partial charge in [-0.15, -0.1) is 45.3 Å². The number of nitrogens with one attached hydrogen (secondary N) is 1.